The normalized spacial score (nSPS) is 23.3. The molecule has 2 atom stereocenters. The summed E-state index contributed by atoms with van der Waals surface area (Å²) >= 11 is 5.99. The predicted molar refractivity (Wildman–Crippen MR) is 71.8 cm³/mol. The Morgan fingerprint density at radius 1 is 1.44 bits per heavy atom. The van der Waals surface area contributed by atoms with Gasteiger partial charge in [-0.2, -0.15) is 0 Å². The molecule has 0 spiro atoms. The molecular weight excluding hydrogens is 253 g/mol. The van der Waals surface area contributed by atoms with Crippen LogP contribution >= 0.6 is 11.6 Å². The maximum Gasteiger partial charge on any atom is 0.141 e. The SMILES string of the molecule is CCCNC1CCC(Oc2cc(F)ccc2Cl)C1. The number of benzene rings is 1. The van der Waals surface area contributed by atoms with E-state index in [-0.39, 0.29) is 11.9 Å². The van der Waals surface area contributed by atoms with Crippen LogP contribution in [0.5, 0.6) is 5.75 Å². The lowest BCUT2D eigenvalue weighted by atomic mass is 10.2. The minimum Gasteiger partial charge on any atom is -0.489 e. The Balaban J connectivity index is 1.89. The van der Waals surface area contributed by atoms with E-state index in [4.69, 9.17) is 16.3 Å². The van der Waals surface area contributed by atoms with Gasteiger partial charge < -0.3 is 10.1 Å². The minimum absolute atomic E-state index is 0.138. The van der Waals surface area contributed by atoms with Crippen molar-refractivity contribution in [2.24, 2.45) is 0 Å². The smallest absolute Gasteiger partial charge is 0.141 e. The van der Waals surface area contributed by atoms with E-state index in [9.17, 15) is 4.39 Å². The molecule has 0 radical (unpaired) electrons. The van der Waals surface area contributed by atoms with Crippen molar-refractivity contribution in [2.75, 3.05) is 6.54 Å². The lowest BCUT2D eigenvalue weighted by molar-refractivity contribution is 0.205. The van der Waals surface area contributed by atoms with E-state index in [0.717, 1.165) is 32.2 Å². The molecule has 0 aliphatic heterocycles. The van der Waals surface area contributed by atoms with E-state index in [2.05, 4.69) is 12.2 Å². The van der Waals surface area contributed by atoms with Crippen LogP contribution in [0.3, 0.4) is 0 Å². The molecule has 0 heterocycles. The van der Waals surface area contributed by atoms with Gasteiger partial charge in [-0.05, 0) is 44.4 Å². The Morgan fingerprint density at radius 3 is 3.06 bits per heavy atom. The van der Waals surface area contributed by atoms with Crippen molar-refractivity contribution < 1.29 is 9.13 Å². The topological polar surface area (TPSA) is 21.3 Å². The van der Waals surface area contributed by atoms with Crippen LogP contribution in [0.15, 0.2) is 18.2 Å². The highest BCUT2D eigenvalue weighted by Gasteiger charge is 2.26. The monoisotopic (exact) mass is 271 g/mol. The van der Waals surface area contributed by atoms with E-state index in [0.29, 0.717) is 16.8 Å². The predicted octanol–water partition coefficient (Wildman–Crippen LogP) is 3.78. The number of nitrogens with one attached hydrogen (secondary N) is 1. The zero-order valence-electron chi connectivity index (χ0n) is 10.6. The summed E-state index contributed by atoms with van der Waals surface area (Å²) < 4.78 is 18.9. The molecule has 1 aliphatic rings. The third kappa shape index (κ3) is 3.59. The van der Waals surface area contributed by atoms with Crippen LogP contribution in [0.4, 0.5) is 4.39 Å². The minimum atomic E-state index is -0.312. The zero-order valence-corrected chi connectivity index (χ0v) is 11.3. The van der Waals surface area contributed by atoms with E-state index in [1.807, 2.05) is 0 Å². The molecule has 1 saturated carbocycles. The second-order valence-electron chi connectivity index (χ2n) is 4.78. The van der Waals surface area contributed by atoms with Gasteiger partial charge >= 0.3 is 0 Å². The molecular formula is C14H19ClFNO. The van der Waals surface area contributed by atoms with Gasteiger partial charge in [0.1, 0.15) is 17.7 Å². The van der Waals surface area contributed by atoms with Crippen LogP contribution in [0.25, 0.3) is 0 Å². The number of halogens is 2. The molecule has 0 bridgehead atoms. The average molecular weight is 272 g/mol. The van der Waals surface area contributed by atoms with Gasteiger partial charge in [0.2, 0.25) is 0 Å². The summed E-state index contributed by atoms with van der Waals surface area (Å²) in [6.45, 7) is 3.20. The van der Waals surface area contributed by atoms with E-state index < -0.39 is 0 Å². The Labute approximate surface area is 112 Å². The highest BCUT2D eigenvalue weighted by Crippen LogP contribution is 2.30. The van der Waals surface area contributed by atoms with E-state index >= 15 is 0 Å². The van der Waals surface area contributed by atoms with Crippen molar-refractivity contribution in [1.29, 1.82) is 0 Å². The van der Waals surface area contributed by atoms with Gasteiger partial charge in [-0.25, -0.2) is 4.39 Å². The van der Waals surface area contributed by atoms with Gasteiger partial charge in [-0.3, -0.25) is 0 Å². The van der Waals surface area contributed by atoms with Gasteiger partial charge in [0.25, 0.3) is 0 Å². The van der Waals surface area contributed by atoms with Crippen LogP contribution in [0, 0.1) is 5.82 Å². The molecule has 100 valence electrons. The van der Waals surface area contributed by atoms with Crippen LogP contribution in [0.1, 0.15) is 32.6 Å². The molecule has 2 unspecified atom stereocenters. The summed E-state index contributed by atoms with van der Waals surface area (Å²) in [5, 5.41) is 3.96. The summed E-state index contributed by atoms with van der Waals surface area (Å²) in [5.41, 5.74) is 0. The maximum atomic E-state index is 13.1. The van der Waals surface area contributed by atoms with E-state index in [1.165, 1.54) is 18.2 Å². The second kappa shape index (κ2) is 6.39. The fourth-order valence-electron chi connectivity index (χ4n) is 2.33. The van der Waals surface area contributed by atoms with Crippen molar-refractivity contribution in [1.82, 2.24) is 5.32 Å². The van der Waals surface area contributed by atoms with Crippen molar-refractivity contribution in [2.45, 2.75) is 44.8 Å². The Morgan fingerprint density at radius 2 is 2.28 bits per heavy atom. The first-order valence-electron chi connectivity index (χ1n) is 6.54. The van der Waals surface area contributed by atoms with Crippen LogP contribution < -0.4 is 10.1 Å². The molecule has 2 nitrogen and oxygen atoms in total. The van der Waals surface area contributed by atoms with Gasteiger partial charge in [-0.1, -0.05) is 18.5 Å². The van der Waals surface area contributed by atoms with Crippen LogP contribution in [-0.2, 0) is 0 Å². The average Bonchev–Trinajstić information content (AvgIpc) is 2.79. The summed E-state index contributed by atoms with van der Waals surface area (Å²) in [6.07, 6.45) is 4.34. The molecule has 1 N–H and O–H groups in total. The summed E-state index contributed by atoms with van der Waals surface area (Å²) in [6, 6.07) is 4.75. The van der Waals surface area contributed by atoms with Crippen molar-refractivity contribution in [3.8, 4) is 5.75 Å². The van der Waals surface area contributed by atoms with Crippen LogP contribution in [0.2, 0.25) is 5.02 Å². The molecule has 1 aromatic carbocycles. The first kappa shape index (κ1) is 13.6. The number of hydrogen-bond acceptors (Lipinski definition) is 2. The number of hydrogen-bond donors (Lipinski definition) is 1. The van der Waals surface area contributed by atoms with Gasteiger partial charge in [0.05, 0.1) is 5.02 Å². The summed E-state index contributed by atoms with van der Waals surface area (Å²) in [7, 11) is 0. The standard InChI is InChI=1S/C14H19ClFNO/c1-2-7-17-11-4-5-12(9-11)18-14-8-10(16)3-6-13(14)15/h3,6,8,11-12,17H,2,4-5,7,9H2,1H3. The third-order valence-corrected chi connectivity index (χ3v) is 3.57. The quantitative estimate of drug-likeness (QED) is 0.880. The highest BCUT2D eigenvalue weighted by atomic mass is 35.5. The lowest BCUT2D eigenvalue weighted by Crippen LogP contribution is -2.28. The molecule has 18 heavy (non-hydrogen) atoms. The van der Waals surface area contributed by atoms with Gasteiger partial charge in [0, 0.05) is 12.1 Å². The third-order valence-electron chi connectivity index (χ3n) is 3.25. The number of ether oxygens (including phenoxy) is 1. The molecule has 4 heteroatoms. The van der Waals surface area contributed by atoms with Crippen molar-refractivity contribution in [3.05, 3.63) is 29.0 Å². The highest BCUT2D eigenvalue weighted by molar-refractivity contribution is 6.32. The number of rotatable bonds is 5. The van der Waals surface area contributed by atoms with Gasteiger partial charge in [-0.15, -0.1) is 0 Å². The zero-order chi connectivity index (χ0) is 13.0. The van der Waals surface area contributed by atoms with Crippen LogP contribution in [-0.4, -0.2) is 18.7 Å². The first-order valence-corrected chi connectivity index (χ1v) is 6.92. The Kier molecular flexibility index (Phi) is 4.84. The van der Waals surface area contributed by atoms with Crippen molar-refractivity contribution in [3.63, 3.8) is 0 Å². The van der Waals surface area contributed by atoms with Crippen molar-refractivity contribution >= 4 is 11.6 Å². The Bertz CT molecular complexity index is 399. The van der Waals surface area contributed by atoms with E-state index in [1.54, 1.807) is 0 Å². The molecule has 0 amide bonds. The molecule has 1 aromatic rings. The Hall–Kier alpha value is -0.800. The second-order valence-corrected chi connectivity index (χ2v) is 5.19. The van der Waals surface area contributed by atoms with Gasteiger partial charge in [0.15, 0.2) is 0 Å². The summed E-state index contributed by atoms with van der Waals surface area (Å²) in [5.74, 6) is 0.144. The fraction of sp³-hybridized carbons (Fsp3) is 0.571. The lowest BCUT2D eigenvalue weighted by Gasteiger charge is -2.15. The largest absolute Gasteiger partial charge is 0.489 e. The summed E-state index contributed by atoms with van der Waals surface area (Å²) in [4.78, 5) is 0. The molecule has 0 saturated heterocycles. The fourth-order valence-corrected chi connectivity index (χ4v) is 2.49. The molecule has 1 aliphatic carbocycles. The molecule has 1 fully saturated rings. The molecule has 2 rings (SSSR count). The maximum absolute atomic E-state index is 13.1. The first-order chi connectivity index (χ1) is 8.69. The molecule has 0 aromatic heterocycles.